The van der Waals surface area contributed by atoms with Crippen LogP contribution in [0.5, 0.6) is 0 Å². The number of carbonyl (C=O) groups is 1. The van der Waals surface area contributed by atoms with Crippen LogP contribution < -0.4 is 0 Å². The molecule has 0 N–H and O–H groups in total. The summed E-state index contributed by atoms with van der Waals surface area (Å²) in [7, 11) is 0. The fraction of sp³-hybridized carbons (Fsp3) is 0.526. The summed E-state index contributed by atoms with van der Waals surface area (Å²) in [5, 5.41) is 0. The molecule has 0 radical (unpaired) electrons. The topological polar surface area (TPSA) is 35.5 Å². The number of rotatable bonds is 2. The number of ketones is 1. The van der Waals surface area contributed by atoms with Crippen molar-refractivity contribution in [2.24, 2.45) is 11.8 Å². The van der Waals surface area contributed by atoms with E-state index in [1.165, 1.54) is 6.08 Å². The molecular formula is C19H18F6O3. The maximum absolute atomic E-state index is 13.3. The molecule has 2 aliphatic rings. The summed E-state index contributed by atoms with van der Waals surface area (Å²) in [5.41, 5.74) is -4.37. The van der Waals surface area contributed by atoms with Gasteiger partial charge < -0.3 is 0 Å². The van der Waals surface area contributed by atoms with Crippen LogP contribution in [0.15, 0.2) is 24.3 Å². The lowest BCUT2D eigenvalue weighted by Gasteiger charge is -2.45. The number of carbonyl (C=O) groups excluding carboxylic acids is 1. The summed E-state index contributed by atoms with van der Waals surface area (Å²) in [5.74, 6) is -0.638. The maximum atomic E-state index is 13.3. The van der Waals surface area contributed by atoms with Gasteiger partial charge in [-0.1, -0.05) is 19.1 Å². The molecular weight excluding hydrogens is 390 g/mol. The van der Waals surface area contributed by atoms with E-state index in [0.717, 1.165) is 12.1 Å². The fourth-order valence-electron chi connectivity index (χ4n) is 3.54. The summed E-state index contributed by atoms with van der Waals surface area (Å²) in [6.07, 6.45) is -7.18. The number of Topliss-reactive ketones (excluding diaryl/α,β-unsaturated/α-hetero) is 1. The standard InChI is InChI=1S/C19H18F6O3/c1-10-15(26)8-13-9-16(10)27-28-17(13,2)6-5-11-3-4-12(18(20,21)22)7-14(11)19(23,24)25/h3-7,10,13,16H,8-9H2,1-2H3/t10?,13?,16?,17-/m0/s1. The van der Waals surface area contributed by atoms with E-state index in [-0.39, 0.29) is 30.1 Å². The van der Waals surface area contributed by atoms with Crippen molar-refractivity contribution in [1.29, 1.82) is 0 Å². The fourth-order valence-corrected chi connectivity index (χ4v) is 3.54. The highest BCUT2D eigenvalue weighted by Gasteiger charge is 2.49. The zero-order chi connectivity index (χ0) is 20.9. The summed E-state index contributed by atoms with van der Waals surface area (Å²) < 4.78 is 78.2. The van der Waals surface area contributed by atoms with Gasteiger partial charge in [0.25, 0.3) is 0 Å². The van der Waals surface area contributed by atoms with E-state index in [1.54, 1.807) is 13.8 Å². The first-order chi connectivity index (χ1) is 12.8. The van der Waals surface area contributed by atoms with Crippen molar-refractivity contribution in [3.05, 3.63) is 41.0 Å². The third-order valence-corrected chi connectivity index (χ3v) is 5.47. The number of alkyl halides is 6. The minimum absolute atomic E-state index is 0.0188. The van der Waals surface area contributed by atoms with E-state index in [9.17, 15) is 31.1 Å². The van der Waals surface area contributed by atoms with Crippen LogP contribution in [0.2, 0.25) is 0 Å². The zero-order valence-electron chi connectivity index (χ0n) is 15.0. The Morgan fingerprint density at radius 1 is 1.14 bits per heavy atom. The molecule has 1 heterocycles. The molecule has 1 aliphatic carbocycles. The number of hydrogen-bond donors (Lipinski definition) is 0. The summed E-state index contributed by atoms with van der Waals surface area (Å²) in [6, 6.07) is 1.45. The highest BCUT2D eigenvalue weighted by molar-refractivity contribution is 5.82. The van der Waals surface area contributed by atoms with Crippen LogP contribution in [-0.4, -0.2) is 17.5 Å². The van der Waals surface area contributed by atoms with E-state index in [4.69, 9.17) is 9.78 Å². The Bertz CT molecular complexity index is 798. The van der Waals surface area contributed by atoms with Crippen LogP contribution in [0.4, 0.5) is 26.3 Å². The molecule has 9 heteroatoms. The molecule has 0 amide bonds. The Morgan fingerprint density at radius 2 is 1.82 bits per heavy atom. The van der Waals surface area contributed by atoms with Crippen LogP contribution in [0.1, 0.15) is 43.4 Å². The molecule has 28 heavy (non-hydrogen) atoms. The summed E-state index contributed by atoms with van der Waals surface area (Å²) in [4.78, 5) is 22.7. The largest absolute Gasteiger partial charge is 0.417 e. The van der Waals surface area contributed by atoms with Crippen LogP contribution in [0.3, 0.4) is 0 Å². The van der Waals surface area contributed by atoms with Crippen LogP contribution >= 0.6 is 0 Å². The quantitative estimate of drug-likeness (QED) is 0.483. The van der Waals surface area contributed by atoms with Gasteiger partial charge >= 0.3 is 12.4 Å². The van der Waals surface area contributed by atoms with E-state index in [1.807, 2.05) is 0 Å². The average Bonchev–Trinajstić information content (AvgIpc) is 2.59. The van der Waals surface area contributed by atoms with Crippen molar-refractivity contribution in [3.63, 3.8) is 0 Å². The molecule has 1 aromatic carbocycles. The summed E-state index contributed by atoms with van der Waals surface area (Å²) in [6.45, 7) is 3.30. The van der Waals surface area contributed by atoms with E-state index in [2.05, 4.69) is 0 Å². The van der Waals surface area contributed by atoms with Crippen LogP contribution in [0.25, 0.3) is 6.08 Å². The number of halogens is 6. The summed E-state index contributed by atoms with van der Waals surface area (Å²) >= 11 is 0. The Morgan fingerprint density at radius 3 is 2.43 bits per heavy atom. The Balaban J connectivity index is 1.92. The molecule has 3 rings (SSSR count). The maximum Gasteiger partial charge on any atom is 0.417 e. The predicted molar refractivity (Wildman–Crippen MR) is 86.7 cm³/mol. The zero-order valence-corrected chi connectivity index (χ0v) is 15.0. The Labute approximate surface area is 157 Å². The van der Waals surface area contributed by atoms with Gasteiger partial charge in [0.05, 0.1) is 11.1 Å². The molecule has 1 saturated heterocycles. The molecule has 1 saturated carbocycles. The molecule has 1 aliphatic heterocycles. The van der Waals surface area contributed by atoms with Crippen molar-refractivity contribution in [1.82, 2.24) is 0 Å². The average molecular weight is 408 g/mol. The second kappa shape index (κ2) is 6.88. The lowest BCUT2D eigenvalue weighted by atomic mass is 9.71. The van der Waals surface area contributed by atoms with Gasteiger partial charge in [-0.15, -0.1) is 0 Å². The minimum atomic E-state index is -4.97. The van der Waals surface area contributed by atoms with Crippen molar-refractivity contribution < 1.29 is 40.9 Å². The number of benzene rings is 1. The van der Waals surface area contributed by atoms with Crippen LogP contribution in [0, 0.1) is 11.8 Å². The normalized spacial score (nSPS) is 31.4. The van der Waals surface area contributed by atoms with Gasteiger partial charge in [-0.05, 0) is 37.1 Å². The van der Waals surface area contributed by atoms with Gasteiger partial charge in [0.15, 0.2) is 0 Å². The van der Waals surface area contributed by atoms with E-state index < -0.39 is 40.7 Å². The molecule has 0 aromatic heterocycles. The first-order valence-corrected chi connectivity index (χ1v) is 8.66. The van der Waals surface area contributed by atoms with Crippen LogP contribution in [-0.2, 0) is 26.9 Å². The molecule has 0 spiro atoms. The van der Waals surface area contributed by atoms with E-state index in [0.29, 0.717) is 12.5 Å². The van der Waals surface area contributed by atoms with Crippen molar-refractivity contribution in [3.8, 4) is 0 Å². The molecule has 154 valence electrons. The Kier molecular flexibility index (Phi) is 5.12. The van der Waals surface area contributed by atoms with E-state index >= 15 is 0 Å². The Hall–Kier alpha value is -1.87. The van der Waals surface area contributed by atoms with Gasteiger partial charge in [0, 0.05) is 18.3 Å². The monoisotopic (exact) mass is 408 g/mol. The second-order valence-corrected chi connectivity index (χ2v) is 7.42. The van der Waals surface area contributed by atoms with Crippen molar-refractivity contribution >= 4 is 11.9 Å². The molecule has 4 atom stereocenters. The molecule has 2 fully saturated rings. The minimum Gasteiger partial charge on any atom is -0.299 e. The lowest BCUT2D eigenvalue weighted by molar-refractivity contribution is -0.415. The molecule has 2 bridgehead atoms. The molecule has 1 aromatic rings. The number of fused-ring (bicyclic) bond motifs is 2. The van der Waals surface area contributed by atoms with Gasteiger partial charge in [0.2, 0.25) is 0 Å². The smallest absolute Gasteiger partial charge is 0.299 e. The van der Waals surface area contributed by atoms with Gasteiger partial charge in [0.1, 0.15) is 17.5 Å². The third-order valence-electron chi connectivity index (χ3n) is 5.47. The first kappa shape index (κ1) is 20.9. The highest BCUT2D eigenvalue weighted by Crippen LogP contribution is 2.44. The van der Waals surface area contributed by atoms with Gasteiger partial charge in [-0.2, -0.15) is 26.3 Å². The highest BCUT2D eigenvalue weighted by atomic mass is 19.4. The molecule has 3 unspecified atom stereocenters. The van der Waals surface area contributed by atoms with Gasteiger partial charge in [-0.25, -0.2) is 9.78 Å². The van der Waals surface area contributed by atoms with Crippen molar-refractivity contribution in [2.75, 3.05) is 0 Å². The number of hydrogen-bond acceptors (Lipinski definition) is 3. The molecule has 3 nitrogen and oxygen atoms in total. The SMILES string of the molecule is CC1C(=O)CC2CC1OO[C@@]2(C)C=Cc1ccc(C(F)(F)F)cc1C(F)(F)F. The first-order valence-electron chi connectivity index (χ1n) is 8.66. The second-order valence-electron chi connectivity index (χ2n) is 7.42. The predicted octanol–water partition coefficient (Wildman–Crippen LogP) is 5.44. The lowest BCUT2D eigenvalue weighted by Crippen LogP contribution is -2.52. The third kappa shape index (κ3) is 3.96. The van der Waals surface area contributed by atoms with Crippen molar-refractivity contribution in [2.45, 2.75) is 50.7 Å². The van der Waals surface area contributed by atoms with Gasteiger partial charge in [-0.3, -0.25) is 4.79 Å².